The number of piperidine rings is 1. The Labute approximate surface area is 210 Å². The molecule has 2 atom stereocenters. The Balaban J connectivity index is 1.44. The number of halogens is 3. The topological polar surface area (TPSA) is 29.5 Å². The van der Waals surface area contributed by atoms with Crippen molar-refractivity contribution in [3.05, 3.63) is 87.4 Å². The summed E-state index contributed by atoms with van der Waals surface area (Å²) in [6, 6.07) is 16.8. The maximum absolute atomic E-state index is 15.1. The molecule has 2 heterocycles. The van der Waals surface area contributed by atoms with E-state index in [0.717, 1.165) is 32.3 Å². The van der Waals surface area contributed by atoms with Crippen LogP contribution in [0, 0.1) is 24.5 Å². The van der Waals surface area contributed by atoms with Crippen LogP contribution in [0.3, 0.4) is 0 Å². The van der Waals surface area contributed by atoms with Gasteiger partial charge in [-0.3, -0.25) is 0 Å². The third-order valence-corrected chi connectivity index (χ3v) is 8.41. The minimum atomic E-state index is -0.644. The van der Waals surface area contributed by atoms with Crippen LogP contribution in [0.15, 0.2) is 64.0 Å². The molecule has 3 nitrogen and oxygen atoms in total. The maximum Gasteiger partial charge on any atom is 0.153 e. The van der Waals surface area contributed by atoms with Gasteiger partial charge in [-0.15, -0.1) is 11.8 Å². The standard InChI is InChI=1S/C27H24BrF2NO2S/c1-16-2-7-21-24(12-16)34-27(18-3-5-19(28)6-4-18)26(21)33-20-13-22(29)25(23(30)14-20)31-10-8-17(15-32)9-11-31/h2-7,12-15,17,26-27H,8-11H2,1H3. The SMILES string of the molecule is Cc1ccc2c(c1)SC(c1ccc(Br)cc1)C2Oc1cc(F)c(N2CCC(C=O)CC2)c(F)c1. The van der Waals surface area contributed by atoms with Crippen LogP contribution in [0.25, 0.3) is 0 Å². The van der Waals surface area contributed by atoms with Gasteiger partial charge in [-0.2, -0.15) is 0 Å². The molecule has 2 unspecified atom stereocenters. The Kier molecular flexibility index (Phi) is 6.67. The van der Waals surface area contributed by atoms with Gasteiger partial charge in [0.05, 0.1) is 5.25 Å². The van der Waals surface area contributed by atoms with E-state index in [9.17, 15) is 4.79 Å². The number of carbonyl (C=O) groups is 1. The summed E-state index contributed by atoms with van der Waals surface area (Å²) in [5.41, 5.74) is 3.21. The van der Waals surface area contributed by atoms with Crippen LogP contribution in [0.5, 0.6) is 5.75 Å². The number of carbonyl (C=O) groups excluding carboxylic acids is 1. The van der Waals surface area contributed by atoms with Crippen molar-refractivity contribution in [1.82, 2.24) is 0 Å². The fraction of sp³-hybridized carbons (Fsp3) is 0.296. The Morgan fingerprint density at radius 2 is 1.71 bits per heavy atom. The van der Waals surface area contributed by atoms with Crippen LogP contribution < -0.4 is 9.64 Å². The van der Waals surface area contributed by atoms with Crippen molar-refractivity contribution >= 4 is 39.7 Å². The summed E-state index contributed by atoms with van der Waals surface area (Å²) >= 11 is 5.19. The number of hydrogen-bond donors (Lipinski definition) is 0. The molecule has 1 fully saturated rings. The van der Waals surface area contributed by atoms with Gasteiger partial charge < -0.3 is 14.4 Å². The Bertz CT molecular complexity index is 1190. The molecule has 7 heteroatoms. The average Bonchev–Trinajstić information content (AvgIpc) is 3.16. The van der Waals surface area contributed by atoms with Gasteiger partial charge in [0.25, 0.3) is 0 Å². The summed E-state index contributed by atoms with van der Waals surface area (Å²) in [6.45, 7) is 2.95. The summed E-state index contributed by atoms with van der Waals surface area (Å²) in [6.07, 6.45) is 1.76. The summed E-state index contributed by atoms with van der Waals surface area (Å²) < 4.78 is 37.5. The molecule has 0 amide bonds. The number of thioether (sulfide) groups is 1. The van der Waals surface area contributed by atoms with Crippen LogP contribution in [-0.2, 0) is 4.79 Å². The third kappa shape index (κ3) is 4.60. The zero-order valence-corrected chi connectivity index (χ0v) is 21.0. The van der Waals surface area contributed by atoms with E-state index in [1.54, 1.807) is 16.7 Å². The second kappa shape index (κ2) is 9.70. The normalized spacial score (nSPS) is 20.3. The molecule has 0 spiro atoms. The van der Waals surface area contributed by atoms with Crippen molar-refractivity contribution < 1.29 is 18.3 Å². The number of aryl methyl sites for hydroxylation is 1. The minimum Gasteiger partial charge on any atom is -0.484 e. The number of aldehydes is 1. The molecule has 2 aliphatic rings. The van der Waals surface area contributed by atoms with Crippen molar-refractivity contribution in [2.24, 2.45) is 5.92 Å². The first kappa shape index (κ1) is 23.4. The largest absolute Gasteiger partial charge is 0.484 e. The van der Waals surface area contributed by atoms with Crippen molar-refractivity contribution in [2.45, 2.75) is 36.0 Å². The number of nitrogens with zero attached hydrogens (tertiary/aromatic N) is 1. The quantitative estimate of drug-likeness (QED) is 0.313. The van der Waals surface area contributed by atoms with Crippen LogP contribution >= 0.6 is 27.7 Å². The minimum absolute atomic E-state index is 0.0379. The van der Waals surface area contributed by atoms with Crippen LogP contribution in [0.1, 0.15) is 40.9 Å². The van der Waals surface area contributed by atoms with Crippen molar-refractivity contribution in [1.29, 1.82) is 0 Å². The lowest BCUT2D eigenvalue weighted by molar-refractivity contribution is -0.111. The van der Waals surface area contributed by atoms with Crippen LogP contribution in [0.2, 0.25) is 0 Å². The smallest absolute Gasteiger partial charge is 0.153 e. The van der Waals surface area contributed by atoms with Crippen molar-refractivity contribution in [2.75, 3.05) is 18.0 Å². The van der Waals surface area contributed by atoms with Gasteiger partial charge in [-0.25, -0.2) is 8.78 Å². The second-order valence-corrected chi connectivity index (χ2v) is 11.0. The van der Waals surface area contributed by atoms with E-state index in [0.29, 0.717) is 25.9 Å². The molecular formula is C27H24BrF2NO2S. The summed E-state index contributed by atoms with van der Waals surface area (Å²) in [5.74, 6) is -1.16. The van der Waals surface area contributed by atoms with Gasteiger partial charge in [0.2, 0.25) is 0 Å². The number of rotatable bonds is 5. The zero-order valence-electron chi connectivity index (χ0n) is 18.6. The van der Waals surface area contributed by atoms with Gasteiger partial charge in [0, 0.05) is 46.1 Å². The van der Waals surface area contributed by atoms with Gasteiger partial charge in [-0.1, -0.05) is 40.2 Å². The first-order valence-corrected chi connectivity index (χ1v) is 13.0. The van der Waals surface area contributed by atoms with Gasteiger partial charge >= 0.3 is 0 Å². The zero-order chi connectivity index (χ0) is 23.8. The van der Waals surface area contributed by atoms with Gasteiger partial charge in [-0.05, 0) is 49.1 Å². The molecule has 176 valence electrons. The number of ether oxygens (including phenoxy) is 1. The summed E-state index contributed by atoms with van der Waals surface area (Å²) in [5, 5.41) is -0.0435. The highest BCUT2D eigenvalue weighted by molar-refractivity contribution is 9.10. The van der Waals surface area contributed by atoms with E-state index >= 15 is 8.78 Å². The molecule has 1 saturated heterocycles. The average molecular weight is 544 g/mol. The van der Waals surface area contributed by atoms with E-state index in [1.165, 1.54) is 12.1 Å². The molecule has 0 aromatic heterocycles. The fourth-order valence-corrected chi connectivity index (χ4v) is 6.41. The number of hydrogen-bond acceptors (Lipinski definition) is 4. The first-order chi connectivity index (χ1) is 16.4. The predicted octanol–water partition coefficient (Wildman–Crippen LogP) is 7.42. The lowest BCUT2D eigenvalue weighted by Crippen LogP contribution is -2.35. The molecular weight excluding hydrogens is 520 g/mol. The number of benzene rings is 3. The fourth-order valence-electron chi connectivity index (χ4n) is 4.68. The molecule has 0 radical (unpaired) electrons. The summed E-state index contributed by atoms with van der Waals surface area (Å²) in [7, 11) is 0. The molecule has 0 N–H and O–H groups in total. The van der Waals surface area contributed by atoms with E-state index in [4.69, 9.17) is 4.74 Å². The first-order valence-electron chi connectivity index (χ1n) is 11.3. The molecule has 5 rings (SSSR count). The van der Waals surface area contributed by atoms with E-state index in [1.807, 2.05) is 43.3 Å². The van der Waals surface area contributed by atoms with Gasteiger partial charge in [0.1, 0.15) is 23.8 Å². The van der Waals surface area contributed by atoms with Crippen molar-refractivity contribution in [3.63, 3.8) is 0 Å². The van der Waals surface area contributed by atoms with Crippen molar-refractivity contribution in [3.8, 4) is 5.75 Å². The molecule has 34 heavy (non-hydrogen) atoms. The Morgan fingerprint density at radius 3 is 2.35 bits per heavy atom. The van der Waals surface area contributed by atoms with Crippen LogP contribution in [0.4, 0.5) is 14.5 Å². The molecule has 0 bridgehead atoms. The summed E-state index contributed by atoms with van der Waals surface area (Å²) in [4.78, 5) is 13.8. The Morgan fingerprint density at radius 1 is 1.03 bits per heavy atom. The van der Waals surface area contributed by atoms with E-state index in [-0.39, 0.29) is 28.7 Å². The highest BCUT2D eigenvalue weighted by atomic mass is 79.9. The van der Waals surface area contributed by atoms with Gasteiger partial charge in [0.15, 0.2) is 11.6 Å². The number of anilines is 1. The second-order valence-electron chi connectivity index (χ2n) is 8.87. The molecule has 2 aliphatic heterocycles. The molecule has 3 aromatic rings. The third-order valence-electron chi connectivity index (χ3n) is 6.50. The predicted molar refractivity (Wildman–Crippen MR) is 135 cm³/mol. The monoisotopic (exact) mass is 543 g/mol. The molecule has 0 saturated carbocycles. The Hall–Kier alpha value is -2.38. The highest BCUT2D eigenvalue weighted by Crippen LogP contribution is 2.55. The lowest BCUT2D eigenvalue weighted by Gasteiger charge is -2.32. The highest BCUT2D eigenvalue weighted by Gasteiger charge is 2.37. The van der Waals surface area contributed by atoms with Crippen LogP contribution in [-0.4, -0.2) is 19.4 Å². The molecule has 3 aromatic carbocycles. The number of fused-ring (bicyclic) bond motifs is 1. The lowest BCUT2D eigenvalue weighted by atomic mass is 9.98. The van der Waals surface area contributed by atoms with E-state index < -0.39 is 11.6 Å². The maximum atomic E-state index is 15.1. The van der Waals surface area contributed by atoms with E-state index in [2.05, 4.69) is 22.0 Å². The molecule has 0 aliphatic carbocycles.